The number of amides is 1. The van der Waals surface area contributed by atoms with E-state index in [0.717, 1.165) is 23.4 Å². The van der Waals surface area contributed by atoms with Crippen molar-refractivity contribution in [3.05, 3.63) is 83.7 Å². The van der Waals surface area contributed by atoms with Gasteiger partial charge in [-0.05, 0) is 30.3 Å². The second-order valence-electron chi connectivity index (χ2n) is 5.42. The van der Waals surface area contributed by atoms with Crippen LogP contribution in [0.2, 0.25) is 0 Å². The van der Waals surface area contributed by atoms with Gasteiger partial charge >= 0.3 is 0 Å². The number of halogens is 2. The molecule has 3 aromatic rings. The Morgan fingerprint density at radius 1 is 1.12 bits per heavy atom. The molecule has 4 nitrogen and oxygen atoms in total. The van der Waals surface area contributed by atoms with Gasteiger partial charge in [-0.3, -0.25) is 4.79 Å². The molecule has 0 aliphatic heterocycles. The lowest BCUT2D eigenvalue weighted by molar-refractivity contribution is 0.0784. The van der Waals surface area contributed by atoms with E-state index in [1.807, 2.05) is 36.5 Å². The zero-order valence-electron chi connectivity index (χ0n) is 13.0. The molecule has 3 rings (SSSR count). The third-order valence-electron chi connectivity index (χ3n) is 3.59. The SMILES string of the molecule is CN(Cc1cnn(-c2ccccc2)c1)C(=O)c1ccc(F)c(F)c1. The Morgan fingerprint density at radius 2 is 1.88 bits per heavy atom. The van der Waals surface area contributed by atoms with Gasteiger partial charge in [0, 0.05) is 30.9 Å². The van der Waals surface area contributed by atoms with Crippen LogP contribution in [0.5, 0.6) is 0 Å². The van der Waals surface area contributed by atoms with Crippen molar-refractivity contribution < 1.29 is 13.6 Å². The summed E-state index contributed by atoms with van der Waals surface area (Å²) in [5.74, 6) is -2.40. The molecular formula is C18H15F2N3O. The minimum Gasteiger partial charge on any atom is -0.337 e. The highest BCUT2D eigenvalue weighted by Gasteiger charge is 2.15. The van der Waals surface area contributed by atoms with Gasteiger partial charge in [0.05, 0.1) is 11.9 Å². The Bertz CT molecular complexity index is 862. The molecule has 0 saturated heterocycles. The van der Waals surface area contributed by atoms with E-state index >= 15 is 0 Å². The lowest BCUT2D eigenvalue weighted by Gasteiger charge is -2.16. The van der Waals surface area contributed by atoms with E-state index in [1.165, 1.54) is 11.0 Å². The van der Waals surface area contributed by atoms with Gasteiger partial charge in [0.1, 0.15) is 0 Å². The molecule has 0 N–H and O–H groups in total. The van der Waals surface area contributed by atoms with Gasteiger partial charge in [-0.25, -0.2) is 13.5 Å². The number of benzene rings is 2. The van der Waals surface area contributed by atoms with Gasteiger partial charge in [-0.15, -0.1) is 0 Å². The Kier molecular flexibility index (Phi) is 4.37. The minimum absolute atomic E-state index is 0.104. The summed E-state index contributed by atoms with van der Waals surface area (Å²) in [7, 11) is 1.60. The van der Waals surface area contributed by atoms with Crippen molar-refractivity contribution in [3.63, 3.8) is 0 Å². The number of hydrogen-bond acceptors (Lipinski definition) is 2. The molecule has 0 aliphatic carbocycles. The monoisotopic (exact) mass is 327 g/mol. The predicted molar refractivity (Wildman–Crippen MR) is 85.7 cm³/mol. The van der Waals surface area contributed by atoms with E-state index < -0.39 is 11.6 Å². The first-order valence-corrected chi connectivity index (χ1v) is 7.34. The van der Waals surface area contributed by atoms with Crippen molar-refractivity contribution in [2.45, 2.75) is 6.54 Å². The third-order valence-corrected chi connectivity index (χ3v) is 3.59. The highest BCUT2D eigenvalue weighted by Crippen LogP contribution is 2.13. The summed E-state index contributed by atoms with van der Waals surface area (Å²) in [4.78, 5) is 13.7. The zero-order chi connectivity index (χ0) is 17.1. The molecule has 1 heterocycles. The number of rotatable bonds is 4. The molecule has 24 heavy (non-hydrogen) atoms. The van der Waals surface area contributed by atoms with Crippen LogP contribution in [-0.2, 0) is 6.54 Å². The van der Waals surface area contributed by atoms with Crippen LogP contribution in [0.15, 0.2) is 60.9 Å². The maximum Gasteiger partial charge on any atom is 0.254 e. The van der Waals surface area contributed by atoms with Crippen molar-refractivity contribution in [1.29, 1.82) is 0 Å². The van der Waals surface area contributed by atoms with Crippen LogP contribution in [0.1, 0.15) is 15.9 Å². The molecule has 1 aromatic heterocycles. The summed E-state index contributed by atoms with van der Waals surface area (Å²) in [5.41, 5.74) is 1.85. The largest absolute Gasteiger partial charge is 0.337 e. The summed E-state index contributed by atoms with van der Waals surface area (Å²) in [6.07, 6.45) is 3.49. The average Bonchev–Trinajstić information content (AvgIpc) is 3.06. The first-order valence-electron chi connectivity index (χ1n) is 7.34. The second kappa shape index (κ2) is 6.62. The van der Waals surface area contributed by atoms with Crippen molar-refractivity contribution in [1.82, 2.24) is 14.7 Å². The summed E-state index contributed by atoms with van der Waals surface area (Å²) in [6, 6.07) is 12.7. The highest BCUT2D eigenvalue weighted by atomic mass is 19.2. The Morgan fingerprint density at radius 3 is 2.58 bits per heavy atom. The molecule has 0 saturated carbocycles. The average molecular weight is 327 g/mol. The smallest absolute Gasteiger partial charge is 0.254 e. The maximum atomic E-state index is 13.3. The zero-order valence-corrected chi connectivity index (χ0v) is 13.0. The molecule has 122 valence electrons. The van der Waals surface area contributed by atoms with Crippen molar-refractivity contribution >= 4 is 5.91 Å². The van der Waals surface area contributed by atoms with Crippen molar-refractivity contribution in [3.8, 4) is 5.69 Å². The van der Waals surface area contributed by atoms with E-state index in [0.29, 0.717) is 6.54 Å². The fourth-order valence-electron chi connectivity index (χ4n) is 2.36. The van der Waals surface area contributed by atoms with E-state index in [-0.39, 0.29) is 11.5 Å². The van der Waals surface area contributed by atoms with Crippen LogP contribution in [0.25, 0.3) is 5.69 Å². The minimum atomic E-state index is -1.04. The van der Waals surface area contributed by atoms with Crippen molar-refractivity contribution in [2.24, 2.45) is 0 Å². The molecule has 0 spiro atoms. The Hall–Kier alpha value is -3.02. The van der Waals surface area contributed by atoms with Crippen LogP contribution in [-0.4, -0.2) is 27.6 Å². The molecular weight excluding hydrogens is 312 g/mol. The number of carbonyl (C=O) groups is 1. The van der Waals surface area contributed by atoms with Crippen LogP contribution < -0.4 is 0 Å². The Labute approximate surface area is 138 Å². The molecule has 1 amide bonds. The molecule has 0 fully saturated rings. The number of hydrogen-bond donors (Lipinski definition) is 0. The first kappa shape index (κ1) is 15.9. The van der Waals surface area contributed by atoms with Crippen LogP contribution in [0.4, 0.5) is 8.78 Å². The molecule has 6 heteroatoms. The molecule has 2 aromatic carbocycles. The van der Waals surface area contributed by atoms with Gasteiger partial charge in [0.15, 0.2) is 11.6 Å². The van der Waals surface area contributed by atoms with Crippen molar-refractivity contribution in [2.75, 3.05) is 7.05 Å². The van der Waals surface area contributed by atoms with Crippen LogP contribution in [0, 0.1) is 11.6 Å². The van der Waals surface area contributed by atoms with Gasteiger partial charge in [-0.1, -0.05) is 18.2 Å². The van der Waals surface area contributed by atoms with E-state index in [2.05, 4.69) is 5.10 Å². The second-order valence-corrected chi connectivity index (χ2v) is 5.42. The number of nitrogens with zero attached hydrogens (tertiary/aromatic N) is 3. The van der Waals surface area contributed by atoms with Gasteiger partial charge in [0.25, 0.3) is 5.91 Å². The van der Waals surface area contributed by atoms with Gasteiger partial charge < -0.3 is 4.90 Å². The van der Waals surface area contributed by atoms with Gasteiger partial charge in [-0.2, -0.15) is 5.10 Å². The van der Waals surface area contributed by atoms with Crippen LogP contribution >= 0.6 is 0 Å². The van der Waals surface area contributed by atoms with E-state index in [4.69, 9.17) is 0 Å². The lowest BCUT2D eigenvalue weighted by atomic mass is 10.2. The normalized spacial score (nSPS) is 10.6. The molecule has 0 aliphatic rings. The summed E-state index contributed by atoms with van der Waals surface area (Å²) < 4.78 is 27.9. The molecule has 0 atom stereocenters. The summed E-state index contributed by atoms with van der Waals surface area (Å²) >= 11 is 0. The molecule has 0 radical (unpaired) electrons. The number of para-hydroxylation sites is 1. The molecule has 0 unspecified atom stereocenters. The summed E-state index contributed by atoms with van der Waals surface area (Å²) in [5, 5.41) is 4.27. The summed E-state index contributed by atoms with van der Waals surface area (Å²) in [6.45, 7) is 0.310. The Balaban J connectivity index is 1.72. The number of aromatic nitrogens is 2. The van der Waals surface area contributed by atoms with E-state index in [1.54, 1.807) is 17.9 Å². The number of carbonyl (C=O) groups excluding carboxylic acids is 1. The predicted octanol–water partition coefficient (Wildman–Crippen LogP) is 3.42. The van der Waals surface area contributed by atoms with E-state index in [9.17, 15) is 13.6 Å². The fourth-order valence-corrected chi connectivity index (χ4v) is 2.36. The fraction of sp³-hybridized carbons (Fsp3) is 0.111. The maximum absolute atomic E-state index is 13.3. The van der Waals surface area contributed by atoms with Crippen LogP contribution in [0.3, 0.4) is 0 Å². The first-order chi connectivity index (χ1) is 11.5. The standard InChI is InChI=1S/C18H15F2N3O/c1-22(18(24)14-7-8-16(19)17(20)9-14)11-13-10-21-23(12-13)15-5-3-2-4-6-15/h2-10,12H,11H2,1H3. The lowest BCUT2D eigenvalue weighted by Crippen LogP contribution is -2.26. The third kappa shape index (κ3) is 3.32. The highest BCUT2D eigenvalue weighted by molar-refractivity contribution is 5.94. The topological polar surface area (TPSA) is 38.1 Å². The van der Waals surface area contributed by atoms with Gasteiger partial charge in [0.2, 0.25) is 0 Å². The molecule has 0 bridgehead atoms. The quantitative estimate of drug-likeness (QED) is 0.736.